The number of carbonyl (C=O) groups is 1. The Labute approximate surface area is 162 Å². The summed E-state index contributed by atoms with van der Waals surface area (Å²) in [6.07, 6.45) is 0. The highest BCUT2D eigenvalue weighted by Gasteiger charge is 2.24. The molecule has 136 valence electrons. The van der Waals surface area contributed by atoms with Crippen LogP contribution in [0.4, 0.5) is 0 Å². The van der Waals surface area contributed by atoms with Gasteiger partial charge >= 0.3 is 0 Å². The van der Waals surface area contributed by atoms with Gasteiger partial charge in [-0.15, -0.1) is 0 Å². The molecule has 1 amide bonds. The number of rotatable bonds is 6. The van der Waals surface area contributed by atoms with Crippen molar-refractivity contribution < 1.29 is 14.3 Å². The summed E-state index contributed by atoms with van der Waals surface area (Å²) in [4.78, 5) is 12.3. The van der Waals surface area contributed by atoms with Gasteiger partial charge in [0.05, 0.1) is 34.3 Å². The van der Waals surface area contributed by atoms with Crippen molar-refractivity contribution in [2.45, 2.75) is 19.4 Å². The predicted molar refractivity (Wildman–Crippen MR) is 101 cm³/mol. The van der Waals surface area contributed by atoms with Crippen molar-refractivity contribution in [1.82, 2.24) is 5.32 Å². The number of benzene rings is 2. The molecule has 0 bridgehead atoms. The number of hydrogen-bond donors (Lipinski definition) is 1. The van der Waals surface area contributed by atoms with E-state index in [0.717, 1.165) is 5.56 Å². The summed E-state index contributed by atoms with van der Waals surface area (Å²) in [5.41, 5.74) is 0.597. The maximum absolute atomic E-state index is 12.3. The number of halogens is 2. The summed E-state index contributed by atoms with van der Waals surface area (Å²) in [6.45, 7) is 3.51. The van der Waals surface area contributed by atoms with Gasteiger partial charge < -0.3 is 14.8 Å². The molecule has 0 spiro atoms. The van der Waals surface area contributed by atoms with Gasteiger partial charge in [-0.05, 0) is 43.7 Å². The van der Waals surface area contributed by atoms with Crippen LogP contribution in [0.5, 0.6) is 11.5 Å². The Balaban J connectivity index is 2.04. The highest BCUT2D eigenvalue weighted by atomic mass is 35.5. The van der Waals surface area contributed by atoms with E-state index < -0.39 is 5.54 Å². The van der Waals surface area contributed by atoms with Crippen LogP contribution in [0.25, 0.3) is 0 Å². The zero-order valence-electron chi connectivity index (χ0n) is 14.6. The van der Waals surface area contributed by atoms with Gasteiger partial charge in [0.2, 0.25) is 0 Å². The quantitative estimate of drug-likeness (QED) is 0.794. The Hall–Kier alpha value is -2.42. The van der Waals surface area contributed by atoms with Gasteiger partial charge in [-0.25, -0.2) is 0 Å². The lowest BCUT2D eigenvalue weighted by Crippen LogP contribution is -2.43. The molecule has 2 aromatic rings. The average Bonchev–Trinajstić information content (AvgIpc) is 2.61. The van der Waals surface area contributed by atoms with Crippen LogP contribution in [0.15, 0.2) is 36.4 Å². The average molecular weight is 393 g/mol. The highest BCUT2D eigenvalue weighted by molar-refractivity contribution is 6.42. The lowest BCUT2D eigenvalue weighted by molar-refractivity contribution is -0.124. The fourth-order valence-electron chi connectivity index (χ4n) is 2.34. The first-order chi connectivity index (χ1) is 12.3. The number of hydrogen-bond acceptors (Lipinski definition) is 4. The minimum absolute atomic E-state index is 0.201. The molecular weight excluding hydrogens is 375 g/mol. The molecule has 26 heavy (non-hydrogen) atoms. The first-order valence-electron chi connectivity index (χ1n) is 7.74. The van der Waals surface area contributed by atoms with Crippen molar-refractivity contribution in [2.24, 2.45) is 0 Å². The summed E-state index contributed by atoms with van der Waals surface area (Å²) in [7, 11) is 1.47. The minimum Gasteiger partial charge on any atom is -0.493 e. The van der Waals surface area contributed by atoms with E-state index in [1.807, 2.05) is 19.9 Å². The predicted octanol–water partition coefficient (Wildman–Crippen LogP) is 4.30. The summed E-state index contributed by atoms with van der Waals surface area (Å²) < 4.78 is 10.7. The second-order valence-corrected chi connectivity index (χ2v) is 6.88. The number of nitriles is 1. The van der Waals surface area contributed by atoms with Crippen molar-refractivity contribution >= 4 is 29.1 Å². The van der Waals surface area contributed by atoms with Gasteiger partial charge in [-0.2, -0.15) is 5.26 Å². The van der Waals surface area contributed by atoms with E-state index in [0.29, 0.717) is 27.1 Å². The standard InChI is InChI=1S/C19H18Cl2N2O3/c1-19(2,13-5-6-14(20)15(21)9-13)23-18(24)11-26-16-7-4-12(10-22)8-17(16)25-3/h4-9H,11H2,1-3H3,(H,23,24). The zero-order chi connectivity index (χ0) is 19.3. The van der Waals surface area contributed by atoms with E-state index in [9.17, 15) is 4.79 Å². The van der Waals surface area contributed by atoms with Crippen molar-refractivity contribution in [3.8, 4) is 17.6 Å². The van der Waals surface area contributed by atoms with Crippen molar-refractivity contribution in [1.29, 1.82) is 5.26 Å². The normalized spacial score (nSPS) is 10.8. The van der Waals surface area contributed by atoms with Crippen LogP contribution < -0.4 is 14.8 Å². The van der Waals surface area contributed by atoms with Crippen LogP contribution in [0, 0.1) is 11.3 Å². The van der Waals surface area contributed by atoms with Crippen LogP contribution >= 0.6 is 23.2 Å². The summed E-state index contributed by atoms with van der Waals surface area (Å²) in [5.74, 6) is 0.460. The van der Waals surface area contributed by atoms with Crippen LogP contribution in [-0.4, -0.2) is 19.6 Å². The number of nitrogens with one attached hydrogen (secondary N) is 1. The number of ether oxygens (including phenoxy) is 2. The fraction of sp³-hybridized carbons (Fsp3) is 0.263. The van der Waals surface area contributed by atoms with Crippen LogP contribution in [0.2, 0.25) is 10.0 Å². The SMILES string of the molecule is COc1cc(C#N)ccc1OCC(=O)NC(C)(C)c1ccc(Cl)c(Cl)c1. The molecule has 7 heteroatoms. The van der Waals surface area contributed by atoms with Crippen molar-refractivity contribution in [2.75, 3.05) is 13.7 Å². The Kier molecular flexibility index (Phi) is 6.36. The number of amides is 1. The lowest BCUT2D eigenvalue weighted by atomic mass is 9.94. The maximum atomic E-state index is 12.3. The van der Waals surface area contributed by atoms with E-state index >= 15 is 0 Å². The molecule has 2 rings (SSSR count). The Bertz CT molecular complexity index is 860. The van der Waals surface area contributed by atoms with Gasteiger partial charge in [0, 0.05) is 6.07 Å². The Morgan fingerprint density at radius 2 is 1.88 bits per heavy atom. The molecule has 0 atom stereocenters. The van der Waals surface area contributed by atoms with Gasteiger partial charge in [-0.3, -0.25) is 4.79 Å². The van der Waals surface area contributed by atoms with E-state index in [-0.39, 0.29) is 12.5 Å². The zero-order valence-corrected chi connectivity index (χ0v) is 16.1. The third-order valence-electron chi connectivity index (χ3n) is 3.74. The largest absolute Gasteiger partial charge is 0.493 e. The molecule has 0 aliphatic carbocycles. The summed E-state index contributed by atoms with van der Waals surface area (Å²) in [5, 5.41) is 12.7. The van der Waals surface area contributed by atoms with Gasteiger partial charge in [0.25, 0.3) is 5.91 Å². The van der Waals surface area contributed by atoms with Crippen molar-refractivity contribution in [3.63, 3.8) is 0 Å². The first kappa shape index (κ1) is 19.9. The minimum atomic E-state index is -0.663. The van der Waals surface area contributed by atoms with E-state index in [1.54, 1.807) is 36.4 Å². The molecule has 0 saturated heterocycles. The first-order valence-corrected chi connectivity index (χ1v) is 8.50. The van der Waals surface area contributed by atoms with E-state index in [1.165, 1.54) is 7.11 Å². The van der Waals surface area contributed by atoms with Crippen LogP contribution in [-0.2, 0) is 10.3 Å². The molecule has 0 aromatic heterocycles. The molecule has 0 unspecified atom stereocenters. The third kappa shape index (κ3) is 4.81. The smallest absolute Gasteiger partial charge is 0.258 e. The molecule has 0 aliphatic rings. The van der Waals surface area contributed by atoms with Gasteiger partial charge in [0.15, 0.2) is 18.1 Å². The fourth-order valence-corrected chi connectivity index (χ4v) is 2.64. The molecule has 0 aliphatic heterocycles. The third-order valence-corrected chi connectivity index (χ3v) is 4.48. The van der Waals surface area contributed by atoms with Gasteiger partial charge in [-0.1, -0.05) is 29.3 Å². The number of methoxy groups -OCH3 is 1. The maximum Gasteiger partial charge on any atom is 0.258 e. The Morgan fingerprint density at radius 1 is 1.15 bits per heavy atom. The molecule has 0 radical (unpaired) electrons. The van der Waals surface area contributed by atoms with E-state index in [4.69, 9.17) is 37.9 Å². The molecule has 0 saturated carbocycles. The molecule has 1 N–H and O–H groups in total. The summed E-state index contributed by atoms with van der Waals surface area (Å²) in [6, 6.07) is 12.0. The molecule has 0 heterocycles. The van der Waals surface area contributed by atoms with Crippen LogP contribution in [0.1, 0.15) is 25.0 Å². The highest BCUT2D eigenvalue weighted by Crippen LogP contribution is 2.29. The van der Waals surface area contributed by atoms with Gasteiger partial charge in [0.1, 0.15) is 0 Å². The molecule has 5 nitrogen and oxygen atoms in total. The monoisotopic (exact) mass is 392 g/mol. The second kappa shape index (κ2) is 8.31. The number of nitrogens with zero attached hydrogens (tertiary/aromatic N) is 1. The van der Waals surface area contributed by atoms with Crippen molar-refractivity contribution in [3.05, 3.63) is 57.6 Å². The second-order valence-electron chi connectivity index (χ2n) is 6.07. The topological polar surface area (TPSA) is 71.3 Å². The number of carbonyl (C=O) groups excluding carboxylic acids is 1. The summed E-state index contributed by atoms with van der Waals surface area (Å²) >= 11 is 12.0. The molecule has 2 aromatic carbocycles. The molecular formula is C19H18Cl2N2O3. The lowest BCUT2D eigenvalue weighted by Gasteiger charge is -2.27. The van der Waals surface area contributed by atoms with E-state index in [2.05, 4.69) is 5.32 Å². The molecule has 0 fully saturated rings. The van der Waals surface area contributed by atoms with Crippen LogP contribution in [0.3, 0.4) is 0 Å². The Morgan fingerprint density at radius 3 is 2.50 bits per heavy atom.